The second-order valence-corrected chi connectivity index (χ2v) is 6.25. The van der Waals surface area contributed by atoms with E-state index >= 15 is 0 Å². The van der Waals surface area contributed by atoms with Crippen molar-refractivity contribution in [2.45, 2.75) is 4.90 Å². The highest BCUT2D eigenvalue weighted by molar-refractivity contribution is 7.91. The van der Waals surface area contributed by atoms with Crippen molar-refractivity contribution in [3.8, 4) is 0 Å². The summed E-state index contributed by atoms with van der Waals surface area (Å²) in [7, 11) is -3.29. The highest BCUT2D eigenvalue weighted by Gasteiger charge is 2.37. The number of sulfonamides is 1. The molecule has 13 heavy (non-hydrogen) atoms. The predicted molar refractivity (Wildman–Crippen MR) is 49.7 cm³/mol. The molecule has 0 bridgehead atoms. The Labute approximate surface area is 78.7 Å². The number of hydrogen-bond acceptors (Lipinski definition) is 3. The van der Waals surface area contributed by atoms with E-state index in [0.29, 0.717) is 0 Å². The van der Waals surface area contributed by atoms with Crippen molar-refractivity contribution in [1.82, 2.24) is 3.97 Å². The van der Waals surface area contributed by atoms with E-state index in [0.717, 1.165) is 3.97 Å². The molecule has 0 radical (unpaired) electrons. The molecule has 0 fully saturated rings. The van der Waals surface area contributed by atoms with E-state index in [4.69, 9.17) is 0 Å². The summed E-state index contributed by atoms with van der Waals surface area (Å²) in [6, 6.07) is 6.27. The molecule has 1 aromatic rings. The maximum Gasteiger partial charge on any atom is 0.260 e. The van der Waals surface area contributed by atoms with Gasteiger partial charge in [-0.2, -0.15) is 0 Å². The summed E-state index contributed by atoms with van der Waals surface area (Å²) < 4.78 is 24.0. The fourth-order valence-corrected chi connectivity index (χ4v) is 3.42. The normalized spacial score (nSPS) is 19.1. The van der Waals surface area contributed by atoms with Crippen LogP contribution in [0.4, 0.5) is 0 Å². The van der Waals surface area contributed by atoms with Crippen LogP contribution in [0.5, 0.6) is 0 Å². The van der Waals surface area contributed by atoms with Crippen LogP contribution in [-0.4, -0.2) is 28.7 Å². The minimum atomic E-state index is -3.49. The van der Waals surface area contributed by atoms with Crippen LogP contribution in [-0.2, 0) is 10.0 Å². The van der Waals surface area contributed by atoms with Crippen LogP contribution in [0.3, 0.4) is 0 Å². The first-order valence-electron chi connectivity index (χ1n) is 3.67. The Morgan fingerprint density at radius 3 is 2.46 bits per heavy atom. The quantitative estimate of drug-likeness (QED) is 0.525. The second kappa shape index (κ2) is 2.42. The van der Waals surface area contributed by atoms with Crippen molar-refractivity contribution < 1.29 is 13.2 Å². The van der Waals surface area contributed by atoms with Crippen LogP contribution in [0.15, 0.2) is 29.2 Å². The van der Waals surface area contributed by atoms with E-state index in [1.807, 2.05) is 0 Å². The molecule has 6 heteroatoms. The molecule has 0 N–H and O–H groups in total. The van der Waals surface area contributed by atoms with E-state index in [-0.39, 0.29) is 20.9 Å². The van der Waals surface area contributed by atoms with Crippen LogP contribution in [0.25, 0.3) is 0 Å². The van der Waals surface area contributed by atoms with E-state index in [1.54, 1.807) is 12.1 Å². The first kappa shape index (κ1) is 8.45. The summed E-state index contributed by atoms with van der Waals surface area (Å²) in [6.07, 6.45) is 0. The fraction of sp³-hybridized carbons (Fsp3) is 0. The molecule has 4 nitrogen and oxygen atoms in total. The Kier molecular flexibility index (Phi) is 1.58. The topological polar surface area (TPSA) is 54.5 Å². The lowest BCUT2D eigenvalue weighted by Crippen LogP contribution is -2.26. The molecule has 2 rings (SSSR count). The lowest BCUT2D eigenvalue weighted by atomic mass is 10.2. The number of nitrogens with zero attached hydrogens (tertiary/aromatic N) is 1. The SMILES string of the molecule is O=C1c2ccccc2S(=O)(=O)N1[SiH3]. The third-order valence-corrected chi connectivity index (χ3v) is 5.69. The van der Waals surface area contributed by atoms with Crippen molar-refractivity contribution in [2.24, 2.45) is 0 Å². The van der Waals surface area contributed by atoms with Gasteiger partial charge in [0.2, 0.25) is 0 Å². The van der Waals surface area contributed by atoms with E-state index in [1.165, 1.54) is 12.1 Å². The van der Waals surface area contributed by atoms with Crippen LogP contribution in [0.2, 0.25) is 0 Å². The molecule has 0 spiro atoms. The summed E-state index contributed by atoms with van der Waals surface area (Å²) in [6.45, 7) is 0. The van der Waals surface area contributed by atoms with Crippen molar-refractivity contribution in [3.05, 3.63) is 29.8 Å². The standard InChI is InChI=1S/C7H7NO3SSi/c9-7-5-3-1-2-4-6(5)12(10,11)8(7)13/h1-4H,13H3. The summed E-state index contributed by atoms with van der Waals surface area (Å²) in [5.41, 5.74) is 0.289. The van der Waals surface area contributed by atoms with Gasteiger partial charge < -0.3 is 0 Å². The van der Waals surface area contributed by atoms with Gasteiger partial charge in [-0.1, -0.05) is 12.1 Å². The van der Waals surface area contributed by atoms with Crippen molar-refractivity contribution >= 4 is 26.3 Å². The minimum Gasteiger partial charge on any atom is -0.272 e. The number of carbonyl (C=O) groups is 1. The molecule has 0 unspecified atom stereocenters. The summed E-state index contributed by atoms with van der Waals surface area (Å²) >= 11 is 0. The zero-order valence-corrected chi connectivity index (χ0v) is 9.71. The average molecular weight is 213 g/mol. The van der Waals surface area contributed by atoms with Crippen LogP contribution in [0, 0.1) is 0 Å². The molecule has 0 aromatic heterocycles. The van der Waals surface area contributed by atoms with Crippen LogP contribution >= 0.6 is 0 Å². The van der Waals surface area contributed by atoms with E-state index in [9.17, 15) is 13.2 Å². The fourth-order valence-electron chi connectivity index (χ4n) is 1.29. The Bertz CT molecular complexity index is 482. The number of fused-ring (bicyclic) bond motifs is 1. The average Bonchev–Trinajstić information content (AvgIpc) is 2.30. The van der Waals surface area contributed by atoms with E-state index in [2.05, 4.69) is 0 Å². The number of carbonyl (C=O) groups excluding carboxylic acids is 1. The lowest BCUT2D eigenvalue weighted by molar-refractivity contribution is 0.0929. The lowest BCUT2D eigenvalue weighted by Gasteiger charge is -2.06. The number of benzene rings is 1. The van der Waals surface area contributed by atoms with Gasteiger partial charge in [0.15, 0.2) is 0 Å². The van der Waals surface area contributed by atoms with Gasteiger partial charge in [0.05, 0.1) is 10.5 Å². The maximum atomic E-state index is 11.5. The Hall–Kier alpha value is -1.14. The Morgan fingerprint density at radius 2 is 1.85 bits per heavy atom. The zero-order chi connectivity index (χ0) is 9.64. The largest absolute Gasteiger partial charge is 0.272 e. The second-order valence-electron chi connectivity index (χ2n) is 2.77. The highest BCUT2D eigenvalue weighted by Crippen LogP contribution is 2.27. The highest BCUT2D eigenvalue weighted by atomic mass is 32.2. The molecule has 0 atom stereocenters. The van der Waals surface area contributed by atoms with Crippen molar-refractivity contribution in [1.29, 1.82) is 0 Å². The molecule has 1 amide bonds. The Morgan fingerprint density at radius 1 is 1.23 bits per heavy atom. The molecule has 68 valence electrons. The van der Waals surface area contributed by atoms with Crippen molar-refractivity contribution in [3.63, 3.8) is 0 Å². The monoisotopic (exact) mass is 213 g/mol. The molecular weight excluding hydrogens is 206 g/mol. The van der Waals surface area contributed by atoms with Gasteiger partial charge in [-0.05, 0) is 12.1 Å². The van der Waals surface area contributed by atoms with Gasteiger partial charge in [0, 0.05) is 0 Å². The third kappa shape index (κ3) is 0.955. The number of rotatable bonds is 0. The summed E-state index contributed by atoms with van der Waals surface area (Å²) in [5.74, 6) is -0.401. The number of amides is 1. The molecule has 1 aliphatic heterocycles. The Balaban J connectivity index is 2.83. The van der Waals surface area contributed by atoms with Gasteiger partial charge in [0.1, 0.15) is 10.4 Å². The van der Waals surface area contributed by atoms with Gasteiger partial charge in [0.25, 0.3) is 15.9 Å². The van der Waals surface area contributed by atoms with Crippen molar-refractivity contribution in [2.75, 3.05) is 0 Å². The smallest absolute Gasteiger partial charge is 0.260 e. The first-order valence-corrected chi connectivity index (χ1v) is 6.01. The molecule has 0 saturated heterocycles. The molecule has 1 aliphatic rings. The molecule has 1 aromatic carbocycles. The van der Waals surface area contributed by atoms with Gasteiger partial charge in [-0.25, -0.2) is 8.42 Å². The molecular formula is C7H7NO3SSi. The summed E-state index contributed by atoms with van der Waals surface area (Å²) in [5, 5.41) is 0. The van der Waals surface area contributed by atoms with Crippen LogP contribution < -0.4 is 0 Å². The molecule has 1 heterocycles. The predicted octanol–water partition coefficient (Wildman–Crippen LogP) is -0.888. The maximum absolute atomic E-state index is 11.5. The zero-order valence-electron chi connectivity index (χ0n) is 6.89. The first-order chi connectivity index (χ1) is 6.05. The van der Waals surface area contributed by atoms with Gasteiger partial charge in [-0.3, -0.25) is 8.77 Å². The summed E-state index contributed by atoms with van der Waals surface area (Å²) in [4.78, 5) is 11.5. The number of hydrogen-bond donors (Lipinski definition) is 0. The molecule has 0 aliphatic carbocycles. The minimum absolute atomic E-state index is 0.134. The molecule has 0 saturated carbocycles. The van der Waals surface area contributed by atoms with Gasteiger partial charge in [-0.15, -0.1) is 0 Å². The van der Waals surface area contributed by atoms with Gasteiger partial charge >= 0.3 is 0 Å². The van der Waals surface area contributed by atoms with Crippen LogP contribution in [0.1, 0.15) is 10.4 Å². The van der Waals surface area contributed by atoms with E-state index < -0.39 is 15.9 Å². The third-order valence-electron chi connectivity index (χ3n) is 2.04.